The topological polar surface area (TPSA) is 68.7 Å². The molecule has 1 N–H and O–H groups in total. The smallest absolute Gasteiger partial charge is 0.161 e. The van der Waals surface area contributed by atoms with E-state index in [1.54, 1.807) is 19.2 Å². The highest BCUT2D eigenvalue weighted by molar-refractivity contribution is 6.30. The Morgan fingerprint density at radius 1 is 1.29 bits per heavy atom. The summed E-state index contributed by atoms with van der Waals surface area (Å²) in [5.41, 5.74) is 4.54. The molecule has 1 aliphatic rings. The standard InChI is InChI=1S/C22H24ClFN4O3/c1-29-21-13-30-11-10-28(21)9-8-20(15-6-7-18(24)17(23)12-15)31-27-22-16-4-2-3-5-19(16)25-14-26-22/h2-7,12,14,20-21H,8-11,13H2,1H3,(H,25,26,27). The van der Waals surface area contributed by atoms with Gasteiger partial charge in [-0.3, -0.25) is 9.74 Å². The van der Waals surface area contributed by atoms with Gasteiger partial charge in [-0.1, -0.05) is 29.8 Å². The average molecular weight is 447 g/mol. The maximum Gasteiger partial charge on any atom is 0.161 e. The van der Waals surface area contributed by atoms with Gasteiger partial charge in [-0.15, -0.1) is 0 Å². The Hall–Kier alpha value is -2.36. The molecule has 1 fully saturated rings. The molecule has 7 nitrogen and oxygen atoms in total. The first kappa shape index (κ1) is 21.9. The number of nitrogens with one attached hydrogen (secondary N) is 1. The van der Waals surface area contributed by atoms with E-state index in [-0.39, 0.29) is 11.3 Å². The van der Waals surface area contributed by atoms with Gasteiger partial charge in [-0.05, 0) is 36.2 Å². The molecule has 0 radical (unpaired) electrons. The third kappa shape index (κ3) is 5.28. The molecular weight excluding hydrogens is 423 g/mol. The van der Waals surface area contributed by atoms with Gasteiger partial charge < -0.3 is 9.47 Å². The fraction of sp³-hybridized carbons (Fsp3) is 0.364. The molecule has 0 spiro atoms. The summed E-state index contributed by atoms with van der Waals surface area (Å²) in [5.74, 6) is 0.0940. The zero-order valence-corrected chi connectivity index (χ0v) is 17.9. The Balaban J connectivity index is 1.52. The first-order valence-corrected chi connectivity index (χ1v) is 10.4. The molecule has 2 aromatic carbocycles. The van der Waals surface area contributed by atoms with Gasteiger partial charge in [0.05, 0.1) is 23.8 Å². The number of fused-ring (bicyclic) bond motifs is 1. The molecule has 164 valence electrons. The van der Waals surface area contributed by atoms with Crippen LogP contribution >= 0.6 is 11.6 Å². The van der Waals surface area contributed by atoms with Crippen molar-refractivity contribution in [3.63, 3.8) is 0 Å². The van der Waals surface area contributed by atoms with Gasteiger partial charge in [0.1, 0.15) is 24.5 Å². The molecule has 31 heavy (non-hydrogen) atoms. The normalized spacial score (nSPS) is 18.2. The van der Waals surface area contributed by atoms with Crippen LogP contribution in [0.5, 0.6) is 0 Å². The van der Waals surface area contributed by atoms with E-state index in [4.69, 9.17) is 25.9 Å². The highest BCUT2D eigenvalue weighted by Gasteiger charge is 2.24. The average Bonchev–Trinajstić information content (AvgIpc) is 2.81. The minimum atomic E-state index is -0.466. The number of methoxy groups -OCH3 is 1. The Morgan fingerprint density at radius 3 is 3.00 bits per heavy atom. The lowest BCUT2D eigenvalue weighted by Crippen LogP contribution is -2.47. The van der Waals surface area contributed by atoms with Crippen LogP contribution in [0.25, 0.3) is 10.9 Å². The van der Waals surface area contributed by atoms with Crippen molar-refractivity contribution >= 4 is 28.3 Å². The second-order valence-electron chi connectivity index (χ2n) is 7.21. The van der Waals surface area contributed by atoms with E-state index in [0.29, 0.717) is 32.0 Å². The van der Waals surface area contributed by atoms with Gasteiger partial charge in [0, 0.05) is 25.6 Å². The number of nitrogens with zero attached hydrogens (tertiary/aromatic N) is 3. The lowest BCUT2D eigenvalue weighted by atomic mass is 10.1. The SMILES string of the molecule is COC1COCCN1CCC(ONc1ncnc2ccccc12)c1ccc(F)c(Cl)c1. The Kier molecular flexibility index (Phi) is 7.26. The van der Waals surface area contributed by atoms with E-state index in [2.05, 4.69) is 20.3 Å². The highest BCUT2D eigenvalue weighted by atomic mass is 35.5. The van der Waals surface area contributed by atoms with Crippen LogP contribution in [0.3, 0.4) is 0 Å². The summed E-state index contributed by atoms with van der Waals surface area (Å²) in [4.78, 5) is 16.8. The molecule has 0 aliphatic carbocycles. The van der Waals surface area contributed by atoms with Crippen LogP contribution in [0, 0.1) is 5.82 Å². The van der Waals surface area contributed by atoms with Crippen LogP contribution in [0.1, 0.15) is 18.1 Å². The minimum absolute atomic E-state index is 0.0553. The van der Waals surface area contributed by atoms with Gasteiger partial charge in [-0.25, -0.2) is 19.8 Å². The molecular formula is C22H24ClFN4O3. The Labute approximate surface area is 185 Å². The molecule has 0 saturated carbocycles. The van der Waals surface area contributed by atoms with Crippen LogP contribution in [-0.2, 0) is 14.3 Å². The number of benzene rings is 2. The molecule has 0 bridgehead atoms. The molecule has 2 heterocycles. The van der Waals surface area contributed by atoms with Crippen LogP contribution in [0.15, 0.2) is 48.8 Å². The molecule has 1 aromatic heterocycles. The number of hydrogen-bond acceptors (Lipinski definition) is 7. The second kappa shape index (κ2) is 10.3. The van der Waals surface area contributed by atoms with Crippen molar-refractivity contribution in [3.8, 4) is 0 Å². The predicted octanol–water partition coefficient (Wildman–Crippen LogP) is 4.20. The molecule has 9 heteroatoms. The Bertz CT molecular complexity index is 1020. The van der Waals surface area contributed by atoms with Crippen molar-refractivity contribution in [2.24, 2.45) is 0 Å². The summed E-state index contributed by atoms with van der Waals surface area (Å²) in [7, 11) is 1.67. The van der Waals surface area contributed by atoms with Crippen molar-refractivity contribution in [2.45, 2.75) is 18.8 Å². The van der Waals surface area contributed by atoms with Crippen LogP contribution in [-0.4, -0.2) is 54.5 Å². The third-order valence-electron chi connectivity index (χ3n) is 5.30. The summed E-state index contributed by atoms with van der Waals surface area (Å²) < 4.78 is 24.7. The number of hydrogen-bond donors (Lipinski definition) is 1. The summed E-state index contributed by atoms with van der Waals surface area (Å²) in [5, 5.41) is 0.897. The molecule has 4 rings (SSSR count). The lowest BCUT2D eigenvalue weighted by molar-refractivity contribution is -0.126. The maximum absolute atomic E-state index is 13.7. The van der Waals surface area contributed by atoms with Crippen LogP contribution < -0.4 is 5.48 Å². The molecule has 1 aliphatic heterocycles. The third-order valence-corrected chi connectivity index (χ3v) is 5.59. The van der Waals surface area contributed by atoms with Crippen LogP contribution in [0.4, 0.5) is 10.2 Å². The largest absolute Gasteiger partial charge is 0.376 e. The zero-order valence-electron chi connectivity index (χ0n) is 17.1. The molecule has 2 atom stereocenters. The van der Waals surface area contributed by atoms with E-state index in [1.165, 1.54) is 12.4 Å². The van der Waals surface area contributed by atoms with Gasteiger partial charge in [0.2, 0.25) is 0 Å². The molecule has 1 saturated heterocycles. The van der Waals surface area contributed by atoms with Crippen molar-refractivity contribution in [1.29, 1.82) is 0 Å². The number of anilines is 1. The second-order valence-corrected chi connectivity index (χ2v) is 7.62. The fourth-order valence-electron chi connectivity index (χ4n) is 3.59. The number of ether oxygens (including phenoxy) is 2. The predicted molar refractivity (Wildman–Crippen MR) is 116 cm³/mol. The monoisotopic (exact) mass is 446 g/mol. The van der Waals surface area contributed by atoms with Gasteiger partial charge in [-0.2, -0.15) is 0 Å². The molecule has 2 unspecified atom stereocenters. The van der Waals surface area contributed by atoms with E-state index in [9.17, 15) is 4.39 Å². The fourth-order valence-corrected chi connectivity index (χ4v) is 3.78. The maximum atomic E-state index is 13.7. The number of aromatic nitrogens is 2. The number of halogens is 2. The molecule has 3 aromatic rings. The molecule has 0 amide bonds. The van der Waals surface area contributed by atoms with Gasteiger partial charge in [0.25, 0.3) is 0 Å². The van der Waals surface area contributed by atoms with Crippen molar-refractivity contribution in [1.82, 2.24) is 14.9 Å². The number of morpholine rings is 1. The zero-order chi connectivity index (χ0) is 21.6. The minimum Gasteiger partial charge on any atom is -0.376 e. The van der Waals surface area contributed by atoms with Crippen molar-refractivity contribution in [3.05, 3.63) is 65.2 Å². The summed E-state index contributed by atoms with van der Waals surface area (Å²) in [6.45, 7) is 2.64. The summed E-state index contributed by atoms with van der Waals surface area (Å²) in [6, 6.07) is 12.3. The van der Waals surface area contributed by atoms with Gasteiger partial charge >= 0.3 is 0 Å². The first-order chi connectivity index (χ1) is 15.2. The summed E-state index contributed by atoms with van der Waals surface area (Å²) in [6.07, 6.45) is 1.60. The van der Waals surface area contributed by atoms with E-state index in [0.717, 1.165) is 23.0 Å². The lowest BCUT2D eigenvalue weighted by Gasteiger charge is -2.35. The number of rotatable bonds is 8. The highest BCUT2D eigenvalue weighted by Crippen LogP contribution is 2.28. The van der Waals surface area contributed by atoms with Crippen molar-refractivity contribution in [2.75, 3.05) is 38.9 Å². The summed E-state index contributed by atoms with van der Waals surface area (Å²) >= 11 is 6.03. The van der Waals surface area contributed by atoms with Crippen LogP contribution in [0.2, 0.25) is 5.02 Å². The van der Waals surface area contributed by atoms with E-state index < -0.39 is 11.9 Å². The van der Waals surface area contributed by atoms with E-state index in [1.807, 2.05) is 24.3 Å². The van der Waals surface area contributed by atoms with Gasteiger partial charge in [0.15, 0.2) is 5.82 Å². The van der Waals surface area contributed by atoms with E-state index >= 15 is 0 Å². The van der Waals surface area contributed by atoms with Crippen molar-refractivity contribution < 1.29 is 18.7 Å². The Morgan fingerprint density at radius 2 is 2.16 bits per heavy atom. The number of para-hydroxylation sites is 1. The quantitative estimate of drug-likeness (QED) is 0.520. The first-order valence-electron chi connectivity index (χ1n) is 10.1.